The number of hydrogen-bond acceptors (Lipinski definition) is 6. The Kier molecular flexibility index (Phi) is 6.47. The first-order valence-corrected chi connectivity index (χ1v) is 10.7. The van der Waals surface area contributed by atoms with Crippen LogP contribution in [-0.2, 0) is 6.42 Å². The molecule has 2 aromatic carbocycles. The minimum atomic E-state index is -0.731. The van der Waals surface area contributed by atoms with Gasteiger partial charge in [0.15, 0.2) is 0 Å². The van der Waals surface area contributed by atoms with E-state index in [1.54, 1.807) is 12.1 Å². The van der Waals surface area contributed by atoms with Crippen LogP contribution in [0.3, 0.4) is 0 Å². The Bertz CT molecular complexity index is 869. The molecule has 2 aromatic rings. The standard InChI is InChI=1S/C24H30N4O2/c25-20(14-17-9-11-18(16-29)12-10-17)24(30)28-13-5-4-8-22(28)23-26-15-21(27-23)19-6-2-1-3-7-19/h1-3,6-7,9-12,15-16,20,22-24,26-27,30H,4-5,8,13-14,25H2/t20-,22-,23?,24?/m0/s1. The van der Waals surface area contributed by atoms with Crippen molar-refractivity contribution in [1.82, 2.24) is 15.5 Å². The molecule has 4 atom stereocenters. The Morgan fingerprint density at radius 3 is 2.63 bits per heavy atom. The van der Waals surface area contributed by atoms with E-state index in [-0.39, 0.29) is 12.2 Å². The third-order valence-corrected chi connectivity index (χ3v) is 6.09. The molecule has 1 saturated heterocycles. The molecule has 30 heavy (non-hydrogen) atoms. The van der Waals surface area contributed by atoms with Crippen molar-refractivity contribution in [2.45, 2.75) is 50.2 Å². The van der Waals surface area contributed by atoms with E-state index in [1.165, 1.54) is 0 Å². The van der Waals surface area contributed by atoms with Crippen LogP contribution < -0.4 is 16.4 Å². The predicted molar refractivity (Wildman–Crippen MR) is 118 cm³/mol. The summed E-state index contributed by atoms with van der Waals surface area (Å²) in [6.07, 6.45) is 5.90. The summed E-state index contributed by atoms with van der Waals surface area (Å²) in [6, 6.07) is 17.4. The van der Waals surface area contributed by atoms with E-state index in [0.717, 1.165) is 48.9 Å². The second kappa shape index (κ2) is 9.43. The first kappa shape index (κ1) is 20.6. The zero-order valence-corrected chi connectivity index (χ0v) is 17.1. The lowest BCUT2D eigenvalue weighted by atomic mass is 9.96. The fraction of sp³-hybridized carbons (Fsp3) is 0.375. The summed E-state index contributed by atoms with van der Waals surface area (Å²) in [5.74, 6) is 0. The van der Waals surface area contributed by atoms with Crippen molar-refractivity contribution in [1.29, 1.82) is 0 Å². The highest BCUT2D eigenvalue weighted by molar-refractivity contribution is 5.74. The number of nitrogens with zero attached hydrogens (tertiary/aromatic N) is 1. The lowest BCUT2D eigenvalue weighted by Crippen LogP contribution is -2.61. The second-order valence-corrected chi connectivity index (χ2v) is 8.15. The van der Waals surface area contributed by atoms with E-state index in [1.807, 2.05) is 36.5 Å². The summed E-state index contributed by atoms with van der Waals surface area (Å²) >= 11 is 0. The number of aliphatic hydroxyl groups is 1. The van der Waals surface area contributed by atoms with E-state index in [2.05, 4.69) is 27.7 Å². The van der Waals surface area contributed by atoms with Crippen LogP contribution in [0.5, 0.6) is 0 Å². The Labute approximate surface area is 177 Å². The van der Waals surface area contributed by atoms with Crippen molar-refractivity contribution in [2.75, 3.05) is 6.54 Å². The molecule has 5 N–H and O–H groups in total. The van der Waals surface area contributed by atoms with Gasteiger partial charge in [-0.25, -0.2) is 0 Å². The quantitative estimate of drug-likeness (QED) is 0.526. The summed E-state index contributed by atoms with van der Waals surface area (Å²) in [5, 5.41) is 18.1. The molecular weight excluding hydrogens is 376 g/mol. The molecule has 6 nitrogen and oxygen atoms in total. The number of nitrogens with one attached hydrogen (secondary N) is 2. The number of likely N-dealkylation sites (tertiary alicyclic amines) is 1. The summed E-state index contributed by atoms with van der Waals surface area (Å²) in [4.78, 5) is 13.0. The number of carbonyl (C=O) groups excluding carboxylic acids is 1. The van der Waals surface area contributed by atoms with E-state index >= 15 is 0 Å². The third kappa shape index (κ3) is 4.56. The highest BCUT2D eigenvalue weighted by Crippen LogP contribution is 2.26. The van der Waals surface area contributed by atoms with Crippen molar-refractivity contribution >= 4 is 12.0 Å². The SMILES string of the molecule is N[C@@H](Cc1ccc(C=O)cc1)C(O)N1CCCC[C@H]1C1NC=C(c2ccccc2)N1. The molecule has 0 bridgehead atoms. The van der Waals surface area contributed by atoms with Gasteiger partial charge in [-0.2, -0.15) is 0 Å². The average molecular weight is 407 g/mol. The van der Waals surface area contributed by atoms with Crippen LogP contribution in [0.4, 0.5) is 0 Å². The van der Waals surface area contributed by atoms with Crippen LogP contribution in [0.1, 0.15) is 40.7 Å². The summed E-state index contributed by atoms with van der Waals surface area (Å²) in [7, 11) is 0. The van der Waals surface area contributed by atoms with Crippen molar-refractivity contribution in [3.63, 3.8) is 0 Å². The molecule has 0 radical (unpaired) electrons. The van der Waals surface area contributed by atoms with Gasteiger partial charge >= 0.3 is 0 Å². The lowest BCUT2D eigenvalue weighted by Gasteiger charge is -2.43. The number of rotatable bonds is 7. The minimum absolute atomic E-state index is 0.0363. The molecule has 2 unspecified atom stereocenters. The van der Waals surface area contributed by atoms with Crippen LogP contribution in [0.25, 0.3) is 5.70 Å². The van der Waals surface area contributed by atoms with E-state index in [4.69, 9.17) is 5.73 Å². The molecule has 0 saturated carbocycles. The first-order chi connectivity index (χ1) is 14.7. The van der Waals surface area contributed by atoms with Crippen molar-refractivity contribution in [2.24, 2.45) is 5.73 Å². The molecule has 0 aromatic heterocycles. The molecule has 4 rings (SSSR count). The normalized spacial score (nSPS) is 23.7. The zero-order valence-electron chi connectivity index (χ0n) is 17.1. The molecule has 0 aliphatic carbocycles. The lowest BCUT2D eigenvalue weighted by molar-refractivity contribution is -0.0641. The Morgan fingerprint density at radius 2 is 1.90 bits per heavy atom. The van der Waals surface area contributed by atoms with Gasteiger partial charge in [-0.15, -0.1) is 0 Å². The van der Waals surface area contributed by atoms with Crippen LogP contribution in [0.15, 0.2) is 60.8 Å². The van der Waals surface area contributed by atoms with Gasteiger partial charge in [0.05, 0.1) is 11.7 Å². The molecule has 1 fully saturated rings. The Balaban J connectivity index is 1.41. The van der Waals surface area contributed by atoms with Gasteiger partial charge in [0.25, 0.3) is 0 Å². The molecule has 0 amide bonds. The highest BCUT2D eigenvalue weighted by atomic mass is 16.3. The molecule has 2 aliphatic heterocycles. The van der Waals surface area contributed by atoms with Gasteiger partial charge in [0.1, 0.15) is 18.7 Å². The smallest absolute Gasteiger partial charge is 0.150 e. The van der Waals surface area contributed by atoms with E-state index in [9.17, 15) is 9.90 Å². The van der Waals surface area contributed by atoms with Crippen LogP contribution in [-0.4, -0.2) is 47.3 Å². The molecule has 2 heterocycles. The molecule has 0 spiro atoms. The number of aldehydes is 1. The van der Waals surface area contributed by atoms with Gasteiger partial charge in [0.2, 0.25) is 0 Å². The largest absolute Gasteiger partial charge is 0.377 e. The second-order valence-electron chi connectivity index (χ2n) is 8.15. The number of piperidine rings is 1. The number of nitrogens with two attached hydrogens (primary N) is 1. The van der Waals surface area contributed by atoms with Crippen LogP contribution in [0.2, 0.25) is 0 Å². The number of aliphatic hydroxyl groups excluding tert-OH is 1. The monoisotopic (exact) mass is 406 g/mol. The summed E-state index contributed by atoms with van der Waals surface area (Å²) < 4.78 is 0. The van der Waals surface area contributed by atoms with Gasteiger partial charge in [-0.3, -0.25) is 9.69 Å². The molecular formula is C24H30N4O2. The zero-order chi connectivity index (χ0) is 20.9. The third-order valence-electron chi connectivity index (χ3n) is 6.09. The number of benzene rings is 2. The van der Waals surface area contributed by atoms with Crippen LogP contribution >= 0.6 is 0 Å². The maximum absolute atomic E-state index is 11.1. The number of carbonyl (C=O) groups is 1. The highest BCUT2D eigenvalue weighted by Gasteiger charge is 2.37. The summed E-state index contributed by atoms with van der Waals surface area (Å²) in [5.41, 5.74) is 10.3. The fourth-order valence-corrected chi connectivity index (χ4v) is 4.44. The Hall–Kier alpha value is -2.67. The maximum Gasteiger partial charge on any atom is 0.150 e. The fourth-order valence-electron chi connectivity index (χ4n) is 4.44. The average Bonchev–Trinajstić information content (AvgIpc) is 3.30. The van der Waals surface area contributed by atoms with Gasteiger partial charge in [0, 0.05) is 24.4 Å². The van der Waals surface area contributed by atoms with E-state index in [0.29, 0.717) is 12.0 Å². The topological polar surface area (TPSA) is 90.6 Å². The summed E-state index contributed by atoms with van der Waals surface area (Å²) in [6.45, 7) is 0.824. The minimum Gasteiger partial charge on any atom is -0.377 e. The predicted octanol–water partition coefficient (Wildman–Crippen LogP) is 2.06. The molecule has 6 heteroatoms. The molecule has 158 valence electrons. The number of hydrogen-bond donors (Lipinski definition) is 4. The van der Waals surface area contributed by atoms with Crippen molar-refractivity contribution in [3.05, 3.63) is 77.5 Å². The van der Waals surface area contributed by atoms with Gasteiger partial charge in [-0.05, 0) is 30.4 Å². The van der Waals surface area contributed by atoms with Crippen molar-refractivity contribution in [3.8, 4) is 0 Å². The Morgan fingerprint density at radius 1 is 1.13 bits per heavy atom. The van der Waals surface area contributed by atoms with Gasteiger partial charge in [-0.1, -0.05) is 61.0 Å². The first-order valence-electron chi connectivity index (χ1n) is 10.7. The molecule has 2 aliphatic rings. The van der Waals surface area contributed by atoms with Crippen molar-refractivity contribution < 1.29 is 9.90 Å². The maximum atomic E-state index is 11.1. The van der Waals surface area contributed by atoms with Gasteiger partial charge < -0.3 is 21.5 Å². The van der Waals surface area contributed by atoms with Crippen LogP contribution in [0, 0.1) is 0 Å². The van der Waals surface area contributed by atoms with E-state index < -0.39 is 12.3 Å².